The van der Waals surface area contributed by atoms with Crippen molar-refractivity contribution >= 4 is 17.9 Å². The van der Waals surface area contributed by atoms with Crippen molar-refractivity contribution in [3.8, 4) is 0 Å². The molecule has 0 amide bonds. The van der Waals surface area contributed by atoms with Gasteiger partial charge in [-0.15, -0.1) is 0 Å². The summed E-state index contributed by atoms with van der Waals surface area (Å²) in [6.45, 7) is 6.53. The Balaban J connectivity index is 4.35. The van der Waals surface area contributed by atoms with Crippen molar-refractivity contribution in [2.75, 3.05) is 13.2 Å². The molecular weight excluding hydrogens is 949 g/mol. The van der Waals surface area contributed by atoms with Gasteiger partial charge in [-0.3, -0.25) is 14.4 Å². The van der Waals surface area contributed by atoms with Gasteiger partial charge in [0.15, 0.2) is 6.10 Å². The molecule has 77 heavy (non-hydrogen) atoms. The Hall–Kier alpha value is -3.15. The lowest BCUT2D eigenvalue weighted by Crippen LogP contribution is -2.30. The average Bonchev–Trinajstić information content (AvgIpc) is 3.43. The van der Waals surface area contributed by atoms with E-state index in [2.05, 4.69) is 93.7 Å². The van der Waals surface area contributed by atoms with Gasteiger partial charge in [0.2, 0.25) is 0 Å². The summed E-state index contributed by atoms with van der Waals surface area (Å²) in [7, 11) is 0. The van der Waals surface area contributed by atoms with Gasteiger partial charge in [-0.05, 0) is 83.5 Å². The van der Waals surface area contributed by atoms with Crippen LogP contribution in [0.1, 0.15) is 342 Å². The van der Waals surface area contributed by atoms with Crippen LogP contribution in [0.2, 0.25) is 0 Å². The highest BCUT2D eigenvalue weighted by atomic mass is 16.6. The van der Waals surface area contributed by atoms with Crippen molar-refractivity contribution in [1.29, 1.82) is 0 Å². The van der Waals surface area contributed by atoms with E-state index in [0.717, 1.165) is 77.0 Å². The standard InChI is InChI=1S/C71H126O6/c1-4-7-10-13-16-19-22-25-28-31-32-33-34-35-36-37-38-41-43-46-49-52-55-58-61-64-70(73)76-67-68(77-71(74)65-62-59-56-53-50-47-44-40-30-27-24-21-18-15-12-9-6-3)66-75-69(72)63-60-57-54-51-48-45-42-39-29-26-23-20-17-14-11-8-5-2/h9,12,18,21,27,30-32,44,47,53,56,68H,4-8,10-11,13-17,19-20,22-26,28-29,33-43,45-46,48-52,54-55,57-67H2,1-3H3/b12-9-,21-18-,30-27-,32-31-,47-44-,56-53-. The molecule has 0 fully saturated rings. The van der Waals surface area contributed by atoms with Gasteiger partial charge in [0.25, 0.3) is 0 Å². The number of hydrogen-bond donors (Lipinski definition) is 0. The van der Waals surface area contributed by atoms with Crippen LogP contribution in [0.3, 0.4) is 0 Å². The van der Waals surface area contributed by atoms with E-state index >= 15 is 0 Å². The van der Waals surface area contributed by atoms with E-state index in [4.69, 9.17) is 14.2 Å². The topological polar surface area (TPSA) is 78.9 Å². The molecule has 0 heterocycles. The number of ether oxygens (including phenoxy) is 3. The fourth-order valence-corrected chi connectivity index (χ4v) is 9.71. The lowest BCUT2D eigenvalue weighted by Gasteiger charge is -2.18. The molecule has 0 saturated carbocycles. The van der Waals surface area contributed by atoms with Crippen LogP contribution in [0.15, 0.2) is 72.9 Å². The highest BCUT2D eigenvalue weighted by Crippen LogP contribution is 2.17. The highest BCUT2D eigenvalue weighted by molar-refractivity contribution is 5.71. The molecule has 0 aromatic heterocycles. The summed E-state index contributed by atoms with van der Waals surface area (Å²) < 4.78 is 16.9. The summed E-state index contributed by atoms with van der Waals surface area (Å²) in [4.78, 5) is 38.3. The van der Waals surface area contributed by atoms with E-state index in [1.165, 1.54) is 218 Å². The first-order valence-corrected chi connectivity index (χ1v) is 33.4. The molecule has 0 saturated heterocycles. The van der Waals surface area contributed by atoms with Crippen molar-refractivity contribution in [1.82, 2.24) is 0 Å². The number of unbranched alkanes of at least 4 members (excludes halogenated alkanes) is 38. The van der Waals surface area contributed by atoms with Crippen LogP contribution < -0.4 is 0 Å². The van der Waals surface area contributed by atoms with E-state index in [1.807, 2.05) is 0 Å². The number of carbonyl (C=O) groups excluding carboxylic acids is 3. The maximum absolute atomic E-state index is 12.9. The summed E-state index contributed by atoms with van der Waals surface area (Å²) in [6, 6.07) is 0. The van der Waals surface area contributed by atoms with Crippen LogP contribution in [-0.2, 0) is 28.6 Å². The number of rotatable bonds is 61. The summed E-state index contributed by atoms with van der Waals surface area (Å²) in [5.41, 5.74) is 0. The van der Waals surface area contributed by atoms with Gasteiger partial charge in [0.1, 0.15) is 13.2 Å². The summed E-state index contributed by atoms with van der Waals surface area (Å²) in [6.07, 6.45) is 85.0. The Kier molecular flexibility index (Phi) is 62.7. The van der Waals surface area contributed by atoms with E-state index in [0.29, 0.717) is 19.3 Å². The molecule has 1 unspecified atom stereocenters. The van der Waals surface area contributed by atoms with Crippen LogP contribution in [0, 0.1) is 0 Å². The third-order valence-corrected chi connectivity index (χ3v) is 14.7. The van der Waals surface area contributed by atoms with E-state index < -0.39 is 6.10 Å². The van der Waals surface area contributed by atoms with E-state index in [1.54, 1.807) is 0 Å². The molecule has 1 atom stereocenters. The Morgan fingerprint density at radius 2 is 0.519 bits per heavy atom. The molecule has 0 aromatic rings. The molecule has 0 aliphatic heterocycles. The van der Waals surface area contributed by atoms with Crippen molar-refractivity contribution in [2.45, 2.75) is 348 Å². The smallest absolute Gasteiger partial charge is 0.306 e. The monoisotopic (exact) mass is 1070 g/mol. The van der Waals surface area contributed by atoms with Gasteiger partial charge < -0.3 is 14.2 Å². The van der Waals surface area contributed by atoms with Crippen molar-refractivity contribution in [3.63, 3.8) is 0 Å². The maximum atomic E-state index is 12.9. The number of hydrogen-bond acceptors (Lipinski definition) is 6. The third-order valence-electron chi connectivity index (χ3n) is 14.7. The van der Waals surface area contributed by atoms with Crippen LogP contribution in [-0.4, -0.2) is 37.2 Å². The van der Waals surface area contributed by atoms with Crippen molar-refractivity contribution in [3.05, 3.63) is 72.9 Å². The summed E-state index contributed by atoms with van der Waals surface area (Å²) in [5.74, 6) is -0.935. The van der Waals surface area contributed by atoms with E-state index in [-0.39, 0.29) is 37.5 Å². The van der Waals surface area contributed by atoms with Gasteiger partial charge in [0.05, 0.1) is 0 Å². The normalized spacial score (nSPS) is 12.5. The van der Waals surface area contributed by atoms with Gasteiger partial charge in [-0.1, -0.05) is 312 Å². The summed E-state index contributed by atoms with van der Waals surface area (Å²) in [5, 5.41) is 0. The predicted molar refractivity (Wildman–Crippen MR) is 335 cm³/mol. The molecule has 0 spiro atoms. The fraction of sp³-hybridized carbons (Fsp3) is 0.789. The largest absolute Gasteiger partial charge is 0.462 e. The molecule has 0 bridgehead atoms. The minimum Gasteiger partial charge on any atom is -0.462 e. The zero-order chi connectivity index (χ0) is 55.7. The molecular formula is C71H126O6. The molecule has 0 aliphatic carbocycles. The molecule has 446 valence electrons. The Bertz CT molecular complexity index is 1420. The molecule has 0 N–H and O–H groups in total. The Morgan fingerprint density at radius 3 is 0.844 bits per heavy atom. The van der Waals surface area contributed by atoms with Gasteiger partial charge in [0, 0.05) is 19.3 Å². The lowest BCUT2D eigenvalue weighted by molar-refractivity contribution is -0.167. The molecule has 0 aliphatic rings. The first-order chi connectivity index (χ1) is 38.0. The summed E-state index contributed by atoms with van der Waals surface area (Å²) >= 11 is 0. The number of allylic oxidation sites excluding steroid dienone is 12. The maximum Gasteiger partial charge on any atom is 0.306 e. The molecule has 6 heteroatoms. The Morgan fingerprint density at radius 1 is 0.273 bits per heavy atom. The number of esters is 3. The molecule has 0 aromatic carbocycles. The second-order valence-electron chi connectivity index (χ2n) is 22.4. The predicted octanol–water partition coefficient (Wildman–Crippen LogP) is 22.9. The molecule has 0 radical (unpaired) electrons. The molecule has 0 rings (SSSR count). The van der Waals surface area contributed by atoms with Crippen molar-refractivity contribution < 1.29 is 28.6 Å². The van der Waals surface area contributed by atoms with Crippen LogP contribution >= 0.6 is 0 Å². The van der Waals surface area contributed by atoms with Gasteiger partial charge in [-0.25, -0.2) is 0 Å². The third kappa shape index (κ3) is 63.6. The van der Waals surface area contributed by atoms with Crippen LogP contribution in [0.5, 0.6) is 0 Å². The van der Waals surface area contributed by atoms with Crippen LogP contribution in [0.25, 0.3) is 0 Å². The zero-order valence-electron chi connectivity index (χ0n) is 51.2. The van der Waals surface area contributed by atoms with Crippen molar-refractivity contribution in [2.24, 2.45) is 0 Å². The quantitative estimate of drug-likeness (QED) is 0.0261. The second-order valence-corrected chi connectivity index (χ2v) is 22.4. The number of carbonyl (C=O) groups is 3. The lowest BCUT2D eigenvalue weighted by atomic mass is 10.0. The molecule has 6 nitrogen and oxygen atoms in total. The Labute approximate surface area is 478 Å². The SMILES string of the molecule is CC/C=C\C/C=C\C/C=C\C/C=C\C/C=C\CCCC(=O)OC(COC(=O)CCCCCCCCCCCCCCC/C=C\CCCCCCCCCC)COC(=O)CCCCCCCCCCCCCCCCCCC. The highest BCUT2D eigenvalue weighted by Gasteiger charge is 2.19. The van der Waals surface area contributed by atoms with Crippen LogP contribution in [0.4, 0.5) is 0 Å². The zero-order valence-corrected chi connectivity index (χ0v) is 51.2. The second kappa shape index (κ2) is 65.4. The average molecular weight is 1080 g/mol. The van der Waals surface area contributed by atoms with Gasteiger partial charge in [-0.2, -0.15) is 0 Å². The fourth-order valence-electron chi connectivity index (χ4n) is 9.71. The first kappa shape index (κ1) is 73.8. The minimum absolute atomic E-state index is 0.0943. The van der Waals surface area contributed by atoms with E-state index in [9.17, 15) is 14.4 Å². The van der Waals surface area contributed by atoms with Gasteiger partial charge >= 0.3 is 17.9 Å². The minimum atomic E-state index is -0.805. The first-order valence-electron chi connectivity index (χ1n) is 33.4.